The second-order valence-electron chi connectivity index (χ2n) is 15.6. The molecule has 0 bridgehead atoms. The summed E-state index contributed by atoms with van der Waals surface area (Å²) in [6, 6.07) is 18.7. The van der Waals surface area contributed by atoms with E-state index in [1.165, 1.54) is 37.7 Å². The molecular weight excluding hydrogens is 556 g/mol. The summed E-state index contributed by atoms with van der Waals surface area (Å²) in [7, 11) is 0. The number of ether oxygens (including phenoxy) is 2. The molecule has 6 rings (SSSR count). The summed E-state index contributed by atoms with van der Waals surface area (Å²) in [6.07, 6.45) is 16.0. The Morgan fingerprint density at radius 3 is 2.20 bits per heavy atom. The highest BCUT2D eigenvalue weighted by molar-refractivity contribution is 5.90. The molecule has 3 saturated carbocycles. The highest BCUT2D eigenvalue weighted by Gasteiger charge is 2.57. The maximum absolute atomic E-state index is 12.8. The fourth-order valence-corrected chi connectivity index (χ4v) is 9.82. The van der Waals surface area contributed by atoms with Gasteiger partial charge in [-0.05, 0) is 124 Å². The summed E-state index contributed by atoms with van der Waals surface area (Å²) in [5.74, 6) is 2.22. The van der Waals surface area contributed by atoms with Crippen LogP contribution >= 0.6 is 0 Å². The first-order chi connectivity index (χ1) is 21.5. The number of hydrogen-bond donors (Lipinski definition) is 0. The van der Waals surface area contributed by atoms with Gasteiger partial charge in [-0.15, -0.1) is 0 Å². The number of allylic oxidation sites excluding steroid dienone is 3. The lowest BCUT2D eigenvalue weighted by Gasteiger charge is -2.55. The first kappa shape index (κ1) is 31.8. The van der Waals surface area contributed by atoms with E-state index in [1.54, 1.807) is 5.57 Å². The number of hydrogen-bond acceptors (Lipinski definition) is 4. The van der Waals surface area contributed by atoms with Crippen LogP contribution in [-0.2, 0) is 9.47 Å². The van der Waals surface area contributed by atoms with Crippen LogP contribution in [0.15, 0.2) is 84.0 Å². The van der Waals surface area contributed by atoms with Crippen molar-refractivity contribution in [3.63, 3.8) is 0 Å². The van der Waals surface area contributed by atoms with Gasteiger partial charge in [-0.1, -0.05) is 86.9 Å². The molecule has 0 aliphatic heterocycles. The first-order valence-corrected chi connectivity index (χ1v) is 17.5. The first-order valence-electron chi connectivity index (χ1n) is 17.5. The molecule has 2 aromatic rings. The summed E-state index contributed by atoms with van der Waals surface area (Å²) in [5.41, 5.74) is 4.49. The lowest BCUT2D eigenvalue weighted by Crippen LogP contribution is -2.46. The van der Waals surface area contributed by atoms with Crippen molar-refractivity contribution in [3.8, 4) is 0 Å². The van der Waals surface area contributed by atoms with Gasteiger partial charge in [0.05, 0.1) is 11.1 Å². The van der Waals surface area contributed by atoms with Crippen LogP contribution < -0.4 is 0 Å². The maximum atomic E-state index is 12.8. The molecular formula is C41H52O4. The van der Waals surface area contributed by atoms with Gasteiger partial charge in [0.1, 0.15) is 11.7 Å². The quantitative estimate of drug-likeness (QED) is 0.266. The van der Waals surface area contributed by atoms with Gasteiger partial charge in [0, 0.05) is 6.42 Å². The van der Waals surface area contributed by atoms with E-state index < -0.39 is 5.60 Å². The smallest absolute Gasteiger partial charge is 0.338 e. The van der Waals surface area contributed by atoms with E-state index in [4.69, 9.17) is 9.47 Å². The van der Waals surface area contributed by atoms with Gasteiger partial charge in [0.15, 0.2) is 0 Å². The fourth-order valence-electron chi connectivity index (χ4n) is 9.82. The zero-order valence-electron chi connectivity index (χ0n) is 28.0. The molecule has 4 nitrogen and oxygen atoms in total. The minimum absolute atomic E-state index is 0.0376. The summed E-state index contributed by atoms with van der Waals surface area (Å²) in [6.45, 7) is 11.7. The van der Waals surface area contributed by atoms with Gasteiger partial charge in [0.2, 0.25) is 0 Å². The summed E-state index contributed by atoms with van der Waals surface area (Å²) in [5, 5.41) is 0. The average molecular weight is 609 g/mol. The van der Waals surface area contributed by atoms with Crippen LogP contribution in [-0.4, -0.2) is 23.6 Å². The van der Waals surface area contributed by atoms with Crippen LogP contribution in [0, 0.1) is 34.5 Å². The molecule has 45 heavy (non-hydrogen) atoms. The van der Waals surface area contributed by atoms with Crippen molar-refractivity contribution < 1.29 is 19.1 Å². The number of benzene rings is 2. The van der Waals surface area contributed by atoms with E-state index >= 15 is 0 Å². The SMILES string of the molecule is C[C@H](CCCC(C)(C)OC(=O)c1ccccc1)[C@@H]1CC[C@@H]2C3=CC=C4C[C@H](OC(=O)c5ccccc5)CC[C@]4(C)[C@H]3CC[C@]21C. The summed E-state index contributed by atoms with van der Waals surface area (Å²) >= 11 is 0. The Bertz CT molecular complexity index is 1440. The van der Waals surface area contributed by atoms with Crippen molar-refractivity contribution in [2.45, 2.75) is 111 Å². The number of fused-ring (bicyclic) bond motifs is 5. The largest absolute Gasteiger partial charge is 0.458 e. The van der Waals surface area contributed by atoms with Crippen LogP contribution in [0.1, 0.15) is 120 Å². The second-order valence-corrected chi connectivity index (χ2v) is 15.6. The van der Waals surface area contributed by atoms with Crippen molar-refractivity contribution in [3.05, 3.63) is 95.1 Å². The third-order valence-corrected chi connectivity index (χ3v) is 12.4. The van der Waals surface area contributed by atoms with Gasteiger partial charge in [-0.2, -0.15) is 0 Å². The summed E-state index contributed by atoms with van der Waals surface area (Å²) in [4.78, 5) is 25.4. The van der Waals surface area contributed by atoms with Crippen LogP contribution in [0.4, 0.5) is 0 Å². The predicted octanol–water partition coefficient (Wildman–Crippen LogP) is 10.2. The molecule has 7 atom stereocenters. The Labute approximate surface area is 270 Å². The van der Waals surface area contributed by atoms with Gasteiger partial charge in [-0.25, -0.2) is 9.59 Å². The van der Waals surface area contributed by atoms with Gasteiger partial charge >= 0.3 is 11.9 Å². The Balaban J connectivity index is 1.07. The molecule has 3 fully saturated rings. The predicted molar refractivity (Wildman–Crippen MR) is 180 cm³/mol. The van der Waals surface area contributed by atoms with Crippen LogP contribution in [0.25, 0.3) is 0 Å². The van der Waals surface area contributed by atoms with Crippen molar-refractivity contribution in [1.29, 1.82) is 0 Å². The molecule has 0 spiro atoms. The zero-order valence-corrected chi connectivity index (χ0v) is 28.0. The number of carbonyl (C=O) groups is 2. The van der Waals surface area contributed by atoms with E-state index in [1.807, 2.05) is 74.5 Å². The van der Waals surface area contributed by atoms with Crippen LogP contribution in [0.2, 0.25) is 0 Å². The molecule has 4 aliphatic rings. The molecule has 0 N–H and O–H groups in total. The highest BCUT2D eigenvalue weighted by atomic mass is 16.6. The Morgan fingerprint density at radius 1 is 0.844 bits per heavy atom. The molecule has 0 heterocycles. The normalized spacial score (nSPS) is 31.4. The molecule has 0 aromatic heterocycles. The number of carbonyl (C=O) groups excluding carboxylic acids is 2. The van der Waals surface area contributed by atoms with Crippen molar-refractivity contribution in [2.24, 2.45) is 34.5 Å². The van der Waals surface area contributed by atoms with E-state index in [0.717, 1.165) is 38.0 Å². The van der Waals surface area contributed by atoms with Crippen molar-refractivity contribution in [1.82, 2.24) is 0 Å². The Morgan fingerprint density at radius 2 is 1.51 bits per heavy atom. The number of rotatable bonds is 9. The van der Waals surface area contributed by atoms with Gasteiger partial charge in [0.25, 0.3) is 0 Å². The molecule has 240 valence electrons. The molecule has 0 unspecified atom stereocenters. The van der Waals surface area contributed by atoms with Gasteiger partial charge < -0.3 is 9.47 Å². The molecule has 2 aromatic carbocycles. The van der Waals surface area contributed by atoms with Crippen molar-refractivity contribution >= 4 is 11.9 Å². The van der Waals surface area contributed by atoms with Crippen LogP contribution in [0.5, 0.6) is 0 Å². The second kappa shape index (κ2) is 12.6. The molecule has 4 aliphatic carbocycles. The number of esters is 2. The van der Waals surface area contributed by atoms with Crippen LogP contribution in [0.3, 0.4) is 0 Å². The van der Waals surface area contributed by atoms with E-state index in [0.29, 0.717) is 34.3 Å². The topological polar surface area (TPSA) is 52.6 Å². The lowest BCUT2D eigenvalue weighted by molar-refractivity contribution is -0.00745. The Kier molecular flexibility index (Phi) is 8.89. The molecule has 0 amide bonds. The third kappa shape index (κ3) is 6.31. The standard InChI is InChI=1S/C41H52O4/c1-28(13-12-24-39(2,3)45-38(43)30-16-10-7-11-17-30)34-20-21-35-33-19-18-31-27-32(44-37(42)29-14-8-6-9-15-29)22-25-40(31,4)36(33)23-26-41(34,35)5/h6-11,14-19,28,32,34-36H,12-13,20-27H2,1-5H3/t28-,32-,34+,35-,36+,40+,41+/m1/s1. The molecule has 0 saturated heterocycles. The fraction of sp³-hybridized carbons (Fsp3) is 0.561. The third-order valence-electron chi connectivity index (χ3n) is 12.4. The van der Waals surface area contributed by atoms with E-state index in [2.05, 4.69) is 32.9 Å². The summed E-state index contributed by atoms with van der Waals surface area (Å²) < 4.78 is 11.9. The average Bonchev–Trinajstić information content (AvgIpc) is 3.39. The molecule has 4 heteroatoms. The van der Waals surface area contributed by atoms with Crippen molar-refractivity contribution in [2.75, 3.05) is 0 Å². The maximum Gasteiger partial charge on any atom is 0.338 e. The minimum atomic E-state index is -0.474. The minimum Gasteiger partial charge on any atom is -0.458 e. The Hall–Kier alpha value is -3.14. The van der Waals surface area contributed by atoms with E-state index in [-0.39, 0.29) is 23.5 Å². The van der Waals surface area contributed by atoms with E-state index in [9.17, 15) is 9.59 Å². The highest BCUT2D eigenvalue weighted by Crippen LogP contribution is 2.66. The monoisotopic (exact) mass is 608 g/mol. The molecule has 0 radical (unpaired) electrons. The van der Waals surface area contributed by atoms with Gasteiger partial charge in [-0.3, -0.25) is 0 Å². The zero-order chi connectivity index (χ0) is 31.8. The lowest BCUT2D eigenvalue weighted by atomic mass is 9.50.